The van der Waals surface area contributed by atoms with Gasteiger partial charge < -0.3 is 20.7 Å². The maximum atomic E-state index is 11.8. The number of aromatic nitrogens is 1. The van der Waals surface area contributed by atoms with Crippen molar-refractivity contribution in [3.05, 3.63) is 59.3 Å². The third-order valence-electron chi connectivity index (χ3n) is 4.01. The summed E-state index contributed by atoms with van der Waals surface area (Å²) in [5.41, 5.74) is 2.70. The standard InChI is InChI=1S/C21H29N5O2/c1-4-23-21(26-15-18-10-7-12-24-20(18)28-5-2)25-13-11-16-8-6-9-17(14-16)19(27)22-3/h6-10,12,14H,4-5,11,13,15H2,1-3H3,(H,22,27)(H2,23,25,26). The Bertz CT molecular complexity index is 792. The SMILES string of the molecule is CCNC(=NCc1cccnc1OCC)NCCc1cccc(C(=O)NC)c1. The van der Waals surface area contributed by atoms with Crippen molar-refractivity contribution in [1.29, 1.82) is 0 Å². The van der Waals surface area contributed by atoms with Gasteiger partial charge in [-0.2, -0.15) is 0 Å². The minimum absolute atomic E-state index is 0.0775. The zero-order valence-corrected chi connectivity index (χ0v) is 16.8. The summed E-state index contributed by atoms with van der Waals surface area (Å²) >= 11 is 0. The van der Waals surface area contributed by atoms with Gasteiger partial charge >= 0.3 is 0 Å². The number of benzene rings is 1. The summed E-state index contributed by atoms with van der Waals surface area (Å²) in [4.78, 5) is 20.6. The zero-order chi connectivity index (χ0) is 20.2. The number of pyridine rings is 1. The molecule has 1 aromatic heterocycles. The van der Waals surface area contributed by atoms with Gasteiger partial charge in [-0.05, 0) is 44.0 Å². The number of nitrogens with one attached hydrogen (secondary N) is 3. The number of amides is 1. The van der Waals surface area contributed by atoms with Crippen LogP contribution in [0.5, 0.6) is 5.88 Å². The fourth-order valence-electron chi connectivity index (χ4n) is 2.65. The van der Waals surface area contributed by atoms with E-state index in [9.17, 15) is 4.79 Å². The van der Waals surface area contributed by atoms with E-state index in [1.165, 1.54) is 0 Å². The zero-order valence-electron chi connectivity index (χ0n) is 16.8. The first-order valence-corrected chi connectivity index (χ1v) is 9.57. The normalized spacial score (nSPS) is 11.0. The molecule has 0 aliphatic rings. The average Bonchev–Trinajstić information content (AvgIpc) is 2.72. The minimum atomic E-state index is -0.0775. The molecule has 0 bridgehead atoms. The Morgan fingerprint density at radius 2 is 2.04 bits per heavy atom. The van der Waals surface area contributed by atoms with Crippen LogP contribution in [0, 0.1) is 0 Å². The van der Waals surface area contributed by atoms with Gasteiger partial charge in [0.1, 0.15) is 0 Å². The monoisotopic (exact) mass is 383 g/mol. The van der Waals surface area contributed by atoms with Gasteiger partial charge in [0, 0.05) is 37.5 Å². The fourth-order valence-corrected chi connectivity index (χ4v) is 2.65. The molecule has 1 heterocycles. The Balaban J connectivity index is 1.96. The van der Waals surface area contributed by atoms with Crippen LogP contribution in [0.2, 0.25) is 0 Å². The first kappa shape index (κ1) is 21.2. The summed E-state index contributed by atoms with van der Waals surface area (Å²) < 4.78 is 5.55. The predicted octanol–water partition coefficient (Wildman–Crippen LogP) is 2.14. The van der Waals surface area contributed by atoms with Crippen molar-refractivity contribution < 1.29 is 9.53 Å². The Morgan fingerprint density at radius 3 is 2.79 bits per heavy atom. The molecule has 1 aromatic carbocycles. The topological polar surface area (TPSA) is 87.6 Å². The molecule has 0 saturated heterocycles. The van der Waals surface area contributed by atoms with Crippen molar-refractivity contribution in [2.75, 3.05) is 26.7 Å². The van der Waals surface area contributed by atoms with E-state index >= 15 is 0 Å². The first-order chi connectivity index (χ1) is 13.7. The second kappa shape index (κ2) is 11.6. The number of hydrogen-bond donors (Lipinski definition) is 3. The molecule has 150 valence electrons. The summed E-state index contributed by atoms with van der Waals surface area (Å²) in [6.07, 6.45) is 2.50. The molecule has 0 atom stereocenters. The number of aliphatic imine (C=N–C) groups is 1. The molecule has 0 saturated carbocycles. The highest BCUT2D eigenvalue weighted by Crippen LogP contribution is 2.15. The van der Waals surface area contributed by atoms with Gasteiger partial charge in [-0.15, -0.1) is 0 Å². The minimum Gasteiger partial charge on any atom is -0.478 e. The lowest BCUT2D eigenvalue weighted by Gasteiger charge is -2.12. The van der Waals surface area contributed by atoms with Crippen molar-refractivity contribution in [3.8, 4) is 5.88 Å². The summed E-state index contributed by atoms with van der Waals surface area (Å²) in [6, 6.07) is 11.5. The maximum absolute atomic E-state index is 11.8. The van der Waals surface area contributed by atoms with E-state index in [0.29, 0.717) is 31.1 Å². The average molecular weight is 383 g/mol. The van der Waals surface area contributed by atoms with Gasteiger partial charge in [0.25, 0.3) is 5.91 Å². The third kappa shape index (κ3) is 6.57. The smallest absolute Gasteiger partial charge is 0.251 e. The molecule has 7 nitrogen and oxygen atoms in total. The van der Waals surface area contributed by atoms with Gasteiger partial charge in [0.2, 0.25) is 5.88 Å². The van der Waals surface area contributed by atoms with Gasteiger partial charge in [-0.1, -0.05) is 18.2 Å². The number of ether oxygens (including phenoxy) is 1. The van der Waals surface area contributed by atoms with Gasteiger partial charge in [0.05, 0.1) is 13.2 Å². The van der Waals surface area contributed by atoms with Gasteiger partial charge in [-0.25, -0.2) is 9.98 Å². The van der Waals surface area contributed by atoms with Crippen LogP contribution in [0.15, 0.2) is 47.6 Å². The van der Waals surface area contributed by atoms with Crippen LogP contribution < -0.4 is 20.7 Å². The molecule has 0 aliphatic carbocycles. The Morgan fingerprint density at radius 1 is 1.18 bits per heavy atom. The van der Waals surface area contributed by atoms with E-state index in [-0.39, 0.29) is 5.91 Å². The van der Waals surface area contributed by atoms with Crippen molar-refractivity contribution in [1.82, 2.24) is 20.9 Å². The predicted molar refractivity (Wildman–Crippen MR) is 112 cm³/mol. The fraction of sp³-hybridized carbons (Fsp3) is 0.381. The molecule has 0 unspecified atom stereocenters. The molecular formula is C21H29N5O2. The van der Waals surface area contributed by atoms with Gasteiger partial charge in [0.15, 0.2) is 5.96 Å². The van der Waals surface area contributed by atoms with E-state index in [1.54, 1.807) is 13.2 Å². The van der Waals surface area contributed by atoms with E-state index in [4.69, 9.17) is 4.74 Å². The molecule has 0 aliphatic heterocycles. The van der Waals surface area contributed by atoms with Crippen LogP contribution in [0.1, 0.15) is 35.3 Å². The van der Waals surface area contributed by atoms with Crippen LogP contribution in [0.25, 0.3) is 0 Å². The molecule has 2 aromatic rings. The third-order valence-corrected chi connectivity index (χ3v) is 4.01. The Hall–Kier alpha value is -3.09. The molecular weight excluding hydrogens is 354 g/mol. The largest absolute Gasteiger partial charge is 0.478 e. The molecule has 0 radical (unpaired) electrons. The number of nitrogens with zero attached hydrogens (tertiary/aromatic N) is 2. The Kier molecular flexibility index (Phi) is 8.78. The second-order valence-corrected chi connectivity index (χ2v) is 6.05. The molecule has 7 heteroatoms. The lowest BCUT2D eigenvalue weighted by atomic mass is 10.1. The highest BCUT2D eigenvalue weighted by atomic mass is 16.5. The molecule has 3 N–H and O–H groups in total. The Labute approximate surface area is 166 Å². The first-order valence-electron chi connectivity index (χ1n) is 9.57. The van der Waals surface area contributed by atoms with Crippen LogP contribution in [-0.4, -0.2) is 43.6 Å². The molecule has 0 spiro atoms. The van der Waals surface area contributed by atoms with E-state index in [2.05, 4.69) is 25.9 Å². The van der Waals surface area contributed by atoms with E-state index in [1.807, 2.05) is 50.2 Å². The maximum Gasteiger partial charge on any atom is 0.251 e. The summed E-state index contributed by atoms with van der Waals surface area (Å²) in [5, 5.41) is 9.22. The summed E-state index contributed by atoms with van der Waals surface area (Å²) in [5.74, 6) is 1.28. The van der Waals surface area contributed by atoms with Crippen LogP contribution in [0.3, 0.4) is 0 Å². The van der Waals surface area contributed by atoms with Crippen LogP contribution >= 0.6 is 0 Å². The molecule has 0 fully saturated rings. The van der Waals surface area contributed by atoms with Crippen molar-refractivity contribution in [2.24, 2.45) is 4.99 Å². The van der Waals surface area contributed by atoms with Gasteiger partial charge in [-0.3, -0.25) is 4.79 Å². The highest BCUT2D eigenvalue weighted by Gasteiger charge is 2.06. The summed E-state index contributed by atoms with van der Waals surface area (Å²) in [6.45, 7) is 6.48. The number of hydrogen-bond acceptors (Lipinski definition) is 4. The number of carbonyl (C=O) groups is 1. The lowest BCUT2D eigenvalue weighted by molar-refractivity contribution is 0.0963. The van der Waals surface area contributed by atoms with E-state index < -0.39 is 0 Å². The highest BCUT2D eigenvalue weighted by molar-refractivity contribution is 5.94. The second-order valence-electron chi connectivity index (χ2n) is 6.05. The van der Waals surface area contributed by atoms with Crippen molar-refractivity contribution in [2.45, 2.75) is 26.8 Å². The molecule has 1 amide bonds. The van der Waals surface area contributed by atoms with Crippen LogP contribution in [-0.2, 0) is 13.0 Å². The van der Waals surface area contributed by atoms with Crippen molar-refractivity contribution >= 4 is 11.9 Å². The molecule has 2 rings (SSSR count). The number of guanidine groups is 1. The summed E-state index contributed by atoms with van der Waals surface area (Å²) in [7, 11) is 1.63. The number of carbonyl (C=O) groups excluding carboxylic acids is 1. The van der Waals surface area contributed by atoms with E-state index in [0.717, 1.165) is 30.1 Å². The van der Waals surface area contributed by atoms with Crippen LogP contribution in [0.4, 0.5) is 0 Å². The number of rotatable bonds is 9. The molecule has 28 heavy (non-hydrogen) atoms. The quantitative estimate of drug-likeness (QED) is 0.456. The van der Waals surface area contributed by atoms with Crippen molar-refractivity contribution in [3.63, 3.8) is 0 Å². The lowest BCUT2D eigenvalue weighted by Crippen LogP contribution is -2.38.